The zero-order chi connectivity index (χ0) is 14.0. The SMILES string of the molecule is CC(C)(N)C(=O)N1CCN(c2ccc(Br)cn2)CC1.Cl.Cl. The van der Waals surface area contributed by atoms with Crippen LogP contribution in [-0.4, -0.2) is 47.5 Å². The molecular formula is C13H21BrCl2N4O. The molecule has 1 aliphatic rings. The highest BCUT2D eigenvalue weighted by Gasteiger charge is 2.30. The standard InChI is InChI=1S/C13H19BrN4O.2ClH/c1-13(2,15)12(19)18-7-5-17(6-8-18)11-4-3-10(14)9-16-11;;/h3-4,9H,5-8,15H2,1-2H3;2*1H. The molecule has 1 saturated heterocycles. The Labute approximate surface area is 146 Å². The van der Waals surface area contributed by atoms with Crippen LogP contribution in [0.15, 0.2) is 22.8 Å². The summed E-state index contributed by atoms with van der Waals surface area (Å²) in [5.41, 5.74) is 5.06. The molecule has 0 unspecified atom stereocenters. The largest absolute Gasteiger partial charge is 0.353 e. The molecule has 1 aromatic rings. The number of carbonyl (C=O) groups excluding carboxylic acids is 1. The van der Waals surface area contributed by atoms with Gasteiger partial charge in [-0.15, -0.1) is 24.8 Å². The summed E-state index contributed by atoms with van der Waals surface area (Å²) in [6.07, 6.45) is 1.79. The molecule has 1 aliphatic heterocycles. The number of hydrogen-bond donors (Lipinski definition) is 1. The number of piperazine rings is 1. The van der Waals surface area contributed by atoms with Crippen molar-refractivity contribution in [1.82, 2.24) is 9.88 Å². The van der Waals surface area contributed by atoms with Gasteiger partial charge >= 0.3 is 0 Å². The second kappa shape index (κ2) is 8.17. The van der Waals surface area contributed by atoms with Crippen LogP contribution >= 0.6 is 40.7 Å². The van der Waals surface area contributed by atoms with Crippen molar-refractivity contribution in [3.63, 3.8) is 0 Å². The minimum Gasteiger partial charge on any atom is -0.353 e. The molecule has 0 bridgehead atoms. The van der Waals surface area contributed by atoms with E-state index in [4.69, 9.17) is 5.73 Å². The first-order chi connectivity index (χ1) is 8.88. The second-order valence-corrected chi connectivity index (χ2v) is 6.25. The molecule has 0 atom stereocenters. The second-order valence-electron chi connectivity index (χ2n) is 5.34. The summed E-state index contributed by atoms with van der Waals surface area (Å²) in [6.45, 7) is 6.46. The van der Waals surface area contributed by atoms with E-state index in [2.05, 4.69) is 25.8 Å². The van der Waals surface area contributed by atoms with Gasteiger partial charge in [0.15, 0.2) is 0 Å². The van der Waals surface area contributed by atoms with Gasteiger partial charge in [0.25, 0.3) is 0 Å². The lowest BCUT2D eigenvalue weighted by molar-refractivity contribution is -0.136. The molecule has 1 aromatic heterocycles. The van der Waals surface area contributed by atoms with E-state index in [-0.39, 0.29) is 30.7 Å². The quantitative estimate of drug-likeness (QED) is 0.826. The number of anilines is 1. The summed E-state index contributed by atoms with van der Waals surface area (Å²) < 4.78 is 0.968. The van der Waals surface area contributed by atoms with E-state index < -0.39 is 5.54 Å². The molecule has 8 heteroatoms. The number of carbonyl (C=O) groups is 1. The molecule has 5 nitrogen and oxygen atoms in total. The number of rotatable bonds is 2. The summed E-state index contributed by atoms with van der Waals surface area (Å²) in [6, 6.07) is 3.96. The lowest BCUT2D eigenvalue weighted by atomic mass is 10.0. The first kappa shape index (κ1) is 20.4. The van der Waals surface area contributed by atoms with Crippen LogP contribution in [0.5, 0.6) is 0 Å². The Morgan fingerprint density at radius 3 is 2.24 bits per heavy atom. The maximum absolute atomic E-state index is 12.1. The van der Waals surface area contributed by atoms with Crippen LogP contribution in [0.4, 0.5) is 5.82 Å². The molecule has 2 heterocycles. The van der Waals surface area contributed by atoms with E-state index in [0.29, 0.717) is 13.1 Å². The van der Waals surface area contributed by atoms with E-state index in [1.165, 1.54) is 0 Å². The first-order valence-corrected chi connectivity index (χ1v) is 7.12. The summed E-state index contributed by atoms with van der Waals surface area (Å²) >= 11 is 3.37. The van der Waals surface area contributed by atoms with Crippen LogP contribution in [0.2, 0.25) is 0 Å². The summed E-state index contributed by atoms with van der Waals surface area (Å²) in [5, 5.41) is 0. The van der Waals surface area contributed by atoms with Gasteiger partial charge in [-0.2, -0.15) is 0 Å². The van der Waals surface area contributed by atoms with Crippen LogP contribution < -0.4 is 10.6 Å². The molecule has 2 N–H and O–H groups in total. The molecule has 2 rings (SSSR count). The van der Waals surface area contributed by atoms with E-state index in [1.807, 2.05) is 17.0 Å². The zero-order valence-electron chi connectivity index (χ0n) is 12.1. The Hall–Kier alpha value is -0.560. The Kier molecular flexibility index (Phi) is 7.95. The van der Waals surface area contributed by atoms with Crippen molar-refractivity contribution in [3.8, 4) is 0 Å². The van der Waals surface area contributed by atoms with Gasteiger partial charge in [-0.05, 0) is 41.9 Å². The van der Waals surface area contributed by atoms with Gasteiger partial charge in [0, 0.05) is 36.8 Å². The predicted molar refractivity (Wildman–Crippen MR) is 93.5 cm³/mol. The van der Waals surface area contributed by atoms with Gasteiger partial charge in [-0.1, -0.05) is 0 Å². The van der Waals surface area contributed by atoms with Crippen molar-refractivity contribution in [3.05, 3.63) is 22.8 Å². The highest BCUT2D eigenvalue weighted by molar-refractivity contribution is 9.10. The van der Waals surface area contributed by atoms with Crippen molar-refractivity contribution in [1.29, 1.82) is 0 Å². The zero-order valence-corrected chi connectivity index (χ0v) is 15.3. The van der Waals surface area contributed by atoms with E-state index >= 15 is 0 Å². The minimum absolute atomic E-state index is 0. The molecular weight excluding hydrogens is 379 g/mol. The third-order valence-corrected chi connectivity index (χ3v) is 3.62. The molecule has 0 radical (unpaired) electrons. The lowest BCUT2D eigenvalue weighted by Crippen LogP contribution is -2.57. The van der Waals surface area contributed by atoms with Crippen molar-refractivity contribution in [2.75, 3.05) is 31.1 Å². The molecule has 0 aromatic carbocycles. The number of aromatic nitrogens is 1. The fourth-order valence-corrected chi connectivity index (χ4v) is 2.34. The predicted octanol–water partition coefficient (Wildman–Crippen LogP) is 2.07. The van der Waals surface area contributed by atoms with Crippen molar-refractivity contribution >= 4 is 52.5 Å². The van der Waals surface area contributed by atoms with Gasteiger partial charge < -0.3 is 15.5 Å². The molecule has 1 amide bonds. The van der Waals surface area contributed by atoms with Gasteiger partial charge in [0.2, 0.25) is 5.91 Å². The Balaban J connectivity index is 0.00000200. The maximum Gasteiger partial charge on any atom is 0.242 e. The van der Waals surface area contributed by atoms with Crippen LogP contribution in [0.25, 0.3) is 0 Å². The first-order valence-electron chi connectivity index (χ1n) is 6.33. The minimum atomic E-state index is -0.794. The van der Waals surface area contributed by atoms with Gasteiger partial charge in [-0.3, -0.25) is 4.79 Å². The van der Waals surface area contributed by atoms with Gasteiger partial charge in [0.05, 0.1) is 5.54 Å². The summed E-state index contributed by atoms with van der Waals surface area (Å²) in [7, 11) is 0. The van der Waals surface area contributed by atoms with E-state index in [0.717, 1.165) is 23.4 Å². The fourth-order valence-electron chi connectivity index (χ4n) is 2.10. The summed E-state index contributed by atoms with van der Waals surface area (Å²) in [4.78, 5) is 20.4. The number of nitrogens with zero attached hydrogens (tertiary/aromatic N) is 3. The van der Waals surface area contributed by atoms with E-state index in [1.54, 1.807) is 20.0 Å². The average Bonchev–Trinajstić information content (AvgIpc) is 2.38. The molecule has 120 valence electrons. The normalized spacial score (nSPS) is 15.0. The highest BCUT2D eigenvalue weighted by Crippen LogP contribution is 2.17. The van der Waals surface area contributed by atoms with Crippen molar-refractivity contribution < 1.29 is 4.79 Å². The maximum atomic E-state index is 12.1. The van der Waals surface area contributed by atoms with Gasteiger partial charge in [-0.25, -0.2) is 4.98 Å². The number of hydrogen-bond acceptors (Lipinski definition) is 4. The van der Waals surface area contributed by atoms with Crippen LogP contribution in [-0.2, 0) is 4.79 Å². The molecule has 21 heavy (non-hydrogen) atoms. The Bertz CT molecular complexity index is 456. The molecule has 0 spiro atoms. The van der Waals surface area contributed by atoms with Crippen LogP contribution in [0.3, 0.4) is 0 Å². The molecule has 0 aliphatic carbocycles. The number of nitrogens with two attached hydrogens (primary N) is 1. The Morgan fingerprint density at radius 1 is 1.24 bits per heavy atom. The highest BCUT2D eigenvalue weighted by atomic mass is 79.9. The fraction of sp³-hybridized carbons (Fsp3) is 0.538. The van der Waals surface area contributed by atoms with Crippen LogP contribution in [0.1, 0.15) is 13.8 Å². The smallest absolute Gasteiger partial charge is 0.242 e. The Morgan fingerprint density at radius 2 is 1.81 bits per heavy atom. The third-order valence-electron chi connectivity index (χ3n) is 3.15. The van der Waals surface area contributed by atoms with Crippen molar-refractivity contribution in [2.45, 2.75) is 19.4 Å². The third kappa shape index (κ3) is 5.29. The molecule has 0 saturated carbocycles. The van der Waals surface area contributed by atoms with E-state index in [9.17, 15) is 4.79 Å². The average molecular weight is 400 g/mol. The summed E-state index contributed by atoms with van der Waals surface area (Å²) in [5.74, 6) is 0.957. The monoisotopic (exact) mass is 398 g/mol. The van der Waals surface area contributed by atoms with Crippen molar-refractivity contribution in [2.24, 2.45) is 5.73 Å². The lowest BCUT2D eigenvalue weighted by Gasteiger charge is -2.38. The number of pyridine rings is 1. The topological polar surface area (TPSA) is 62.5 Å². The number of amides is 1. The number of halogens is 3. The van der Waals surface area contributed by atoms with Crippen LogP contribution in [0, 0.1) is 0 Å². The van der Waals surface area contributed by atoms with Gasteiger partial charge in [0.1, 0.15) is 5.82 Å². The molecule has 1 fully saturated rings.